The standard InChI is InChI=1S/C19H19N3O4/c1-26-16-8-9-17(23)14(11-16)12-20-21-19(25)13-4-6-15(7-5-13)22-10-2-3-18(22)24/h4-9,11-12,23H,2-3,10H2,1H3,(H,21,25). The average Bonchev–Trinajstić information content (AvgIpc) is 3.09. The maximum atomic E-state index is 12.1. The van der Waals surface area contributed by atoms with Gasteiger partial charge in [-0.1, -0.05) is 0 Å². The number of ether oxygens (including phenoxy) is 1. The Balaban J connectivity index is 1.64. The molecule has 1 heterocycles. The van der Waals surface area contributed by atoms with Gasteiger partial charge in [0.15, 0.2) is 0 Å². The van der Waals surface area contributed by atoms with E-state index in [0.29, 0.717) is 29.8 Å². The lowest BCUT2D eigenvalue weighted by Crippen LogP contribution is -2.24. The summed E-state index contributed by atoms with van der Waals surface area (Å²) in [6.45, 7) is 0.707. The number of hydrogen-bond acceptors (Lipinski definition) is 5. The number of phenols is 1. The number of hydrogen-bond donors (Lipinski definition) is 2. The Morgan fingerprint density at radius 2 is 2.04 bits per heavy atom. The van der Waals surface area contributed by atoms with Gasteiger partial charge in [0.05, 0.1) is 13.3 Å². The summed E-state index contributed by atoms with van der Waals surface area (Å²) >= 11 is 0. The Bertz CT molecular complexity index is 846. The van der Waals surface area contributed by atoms with Crippen LogP contribution >= 0.6 is 0 Å². The molecule has 2 N–H and O–H groups in total. The minimum absolute atomic E-state index is 0.0310. The van der Waals surface area contributed by atoms with E-state index in [-0.39, 0.29) is 17.6 Å². The molecule has 134 valence electrons. The van der Waals surface area contributed by atoms with Gasteiger partial charge in [-0.3, -0.25) is 9.59 Å². The van der Waals surface area contributed by atoms with Crippen LogP contribution in [0.15, 0.2) is 47.6 Å². The number of carbonyl (C=O) groups is 2. The molecule has 0 aliphatic carbocycles. The molecule has 1 fully saturated rings. The van der Waals surface area contributed by atoms with Crippen molar-refractivity contribution < 1.29 is 19.4 Å². The van der Waals surface area contributed by atoms with Crippen molar-refractivity contribution in [1.29, 1.82) is 0 Å². The molecule has 26 heavy (non-hydrogen) atoms. The zero-order valence-corrected chi connectivity index (χ0v) is 14.3. The fraction of sp³-hybridized carbons (Fsp3) is 0.211. The second-order valence-electron chi connectivity index (χ2n) is 5.82. The van der Waals surface area contributed by atoms with Crippen LogP contribution in [0, 0.1) is 0 Å². The lowest BCUT2D eigenvalue weighted by Gasteiger charge is -2.15. The first-order valence-electron chi connectivity index (χ1n) is 8.19. The SMILES string of the molecule is COc1ccc(O)c(C=NNC(=O)c2ccc(N3CCCC3=O)cc2)c1. The number of phenolic OH excluding ortho intramolecular Hbond substituents is 1. The predicted molar refractivity (Wildman–Crippen MR) is 97.7 cm³/mol. The molecule has 3 rings (SSSR count). The van der Waals surface area contributed by atoms with Gasteiger partial charge in [-0.2, -0.15) is 5.10 Å². The molecule has 0 bridgehead atoms. The topological polar surface area (TPSA) is 91.2 Å². The molecule has 1 aliphatic rings. The van der Waals surface area contributed by atoms with E-state index in [1.54, 1.807) is 41.3 Å². The molecule has 0 atom stereocenters. The monoisotopic (exact) mass is 353 g/mol. The number of amides is 2. The second kappa shape index (κ2) is 7.69. The smallest absolute Gasteiger partial charge is 0.271 e. The fourth-order valence-electron chi connectivity index (χ4n) is 2.70. The number of anilines is 1. The normalized spacial score (nSPS) is 14.0. The van der Waals surface area contributed by atoms with E-state index in [0.717, 1.165) is 12.1 Å². The molecule has 2 aromatic carbocycles. The zero-order chi connectivity index (χ0) is 18.5. The molecule has 7 nitrogen and oxygen atoms in total. The molecular formula is C19H19N3O4. The summed E-state index contributed by atoms with van der Waals surface area (Å²) in [5.41, 5.74) is 4.04. The third-order valence-corrected chi connectivity index (χ3v) is 4.12. The Morgan fingerprint density at radius 3 is 2.69 bits per heavy atom. The molecule has 0 aromatic heterocycles. The maximum Gasteiger partial charge on any atom is 0.271 e. The zero-order valence-electron chi connectivity index (χ0n) is 14.3. The van der Waals surface area contributed by atoms with Gasteiger partial charge in [0, 0.05) is 29.8 Å². The van der Waals surface area contributed by atoms with Crippen LogP contribution in [0.5, 0.6) is 11.5 Å². The highest BCUT2D eigenvalue weighted by molar-refractivity contribution is 5.98. The van der Waals surface area contributed by atoms with Crippen molar-refractivity contribution in [3.63, 3.8) is 0 Å². The highest BCUT2D eigenvalue weighted by Crippen LogP contribution is 2.22. The van der Waals surface area contributed by atoms with Crippen molar-refractivity contribution in [2.75, 3.05) is 18.6 Å². The van der Waals surface area contributed by atoms with Gasteiger partial charge >= 0.3 is 0 Å². The molecule has 0 radical (unpaired) electrons. The highest BCUT2D eigenvalue weighted by Gasteiger charge is 2.21. The summed E-state index contributed by atoms with van der Waals surface area (Å²) in [5, 5.41) is 13.6. The molecule has 1 saturated heterocycles. The summed E-state index contributed by atoms with van der Waals surface area (Å²) in [4.78, 5) is 25.6. The molecule has 0 unspecified atom stereocenters. The van der Waals surface area contributed by atoms with E-state index >= 15 is 0 Å². The van der Waals surface area contributed by atoms with Crippen LogP contribution in [-0.4, -0.2) is 36.8 Å². The Kier molecular flexibility index (Phi) is 5.17. The van der Waals surface area contributed by atoms with Crippen LogP contribution in [-0.2, 0) is 4.79 Å². The Morgan fingerprint density at radius 1 is 1.27 bits per heavy atom. The van der Waals surface area contributed by atoms with Gasteiger partial charge in [-0.05, 0) is 48.9 Å². The van der Waals surface area contributed by atoms with Crippen molar-refractivity contribution in [2.24, 2.45) is 5.10 Å². The summed E-state index contributed by atoms with van der Waals surface area (Å²) in [7, 11) is 1.52. The molecule has 0 spiro atoms. The largest absolute Gasteiger partial charge is 0.507 e. The van der Waals surface area contributed by atoms with Gasteiger partial charge in [-0.15, -0.1) is 0 Å². The summed E-state index contributed by atoms with van der Waals surface area (Å²) in [5.74, 6) is 0.318. The number of aromatic hydroxyl groups is 1. The lowest BCUT2D eigenvalue weighted by atomic mass is 10.2. The summed E-state index contributed by atoms with van der Waals surface area (Å²) < 4.78 is 5.08. The highest BCUT2D eigenvalue weighted by atomic mass is 16.5. The molecule has 7 heteroatoms. The first-order valence-corrected chi connectivity index (χ1v) is 8.19. The first kappa shape index (κ1) is 17.5. The summed E-state index contributed by atoms with van der Waals surface area (Å²) in [6, 6.07) is 11.5. The predicted octanol–water partition coefficient (Wildman–Crippen LogP) is 2.29. The third kappa shape index (κ3) is 3.83. The molecule has 1 aliphatic heterocycles. The second-order valence-corrected chi connectivity index (χ2v) is 5.82. The van der Waals surface area contributed by atoms with Crippen molar-refractivity contribution in [3.8, 4) is 11.5 Å². The summed E-state index contributed by atoms with van der Waals surface area (Å²) in [6.07, 6.45) is 2.76. The van der Waals surface area contributed by atoms with Gasteiger partial charge in [0.2, 0.25) is 5.91 Å². The van der Waals surface area contributed by atoms with Crippen molar-refractivity contribution in [3.05, 3.63) is 53.6 Å². The van der Waals surface area contributed by atoms with Crippen LogP contribution in [0.25, 0.3) is 0 Å². The minimum atomic E-state index is -0.386. The molecular weight excluding hydrogens is 334 g/mol. The quantitative estimate of drug-likeness (QED) is 0.637. The van der Waals surface area contributed by atoms with Crippen LogP contribution in [0.3, 0.4) is 0 Å². The minimum Gasteiger partial charge on any atom is -0.507 e. The van der Waals surface area contributed by atoms with Crippen molar-refractivity contribution >= 4 is 23.7 Å². The van der Waals surface area contributed by atoms with E-state index in [2.05, 4.69) is 10.5 Å². The third-order valence-electron chi connectivity index (χ3n) is 4.12. The number of nitrogens with one attached hydrogen (secondary N) is 1. The van der Waals surface area contributed by atoms with Gasteiger partial charge < -0.3 is 14.7 Å². The number of rotatable bonds is 5. The Labute approximate surface area is 150 Å². The van der Waals surface area contributed by atoms with E-state index in [9.17, 15) is 14.7 Å². The first-order chi connectivity index (χ1) is 12.6. The van der Waals surface area contributed by atoms with Crippen molar-refractivity contribution in [2.45, 2.75) is 12.8 Å². The van der Waals surface area contributed by atoms with E-state index in [1.165, 1.54) is 19.4 Å². The van der Waals surface area contributed by atoms with E-state index in [1.807, 2.05) is 0 Å². The van der Waals surface area contributed by atoms with Crippen LogP contribution < -0.4 is 15.1 Å². The number of carbonyl (C=O) groups excluding carboxylic acids is 2. The molecule has 2 amide bonds. The lowest BCUT2D eigenvalue weighted by molar-refractivity contribution is -0.117. The Hall–Kier alpha value is -3.35. The number of hydrazone groups is 1. The molecule has 0 saturated carbocycles. The maximum absolute atomic E-state index is 12.1. The number of benzene rings is 2. The number of methoxy groups -OCH3 is 1. The fourth-order valence-corrected chi connectivity index (χ4v) is 2.70. The van der Waals surface area contributed by atoms with E-state index in [4.69, 9.17) is 4.74 Å². The van der Waals surface area contributed by atoms with Crippen LogP contribution in [0.4, 0.5) is 5.69 Å². The van der Waals surface area contributed by atoms with Gasteiger partial charge in [-0.25, -0.2) is 5.43 Å². The van der Waals surface area contributed by atoms with Crippen LogP contribution in [0.1, 0.15) is 28.8 Å². The van der Waals surface area contributed by atoms with E-state index < -0.39 is 0 Å². The van der Waals surface area contributed by atoms with Gasteiger partial charge in [0.25, 0.3) is 5.91 Å². The van der Waals surface area contributed by atoms with Crippen LogP contribution in [0.2, 0.25) is 0 Å². The van der Waals surface area contributed by atoms with Gasteiger partial charge in [0.1, 0.15) is 11.5 Å². The van der Waals surface area contributed by atoms with Crippen molar-refractivity contribution in [1.82, 2.24) is 5.43 Å². The average molecular weight is 353 g/mol. The number of nitrogens with zero attached hydrogens (tertiary/aromatic N) is 2. The molecule has 2 aromatic rings.